The third-order valence-electron chi connectivity index (χ3n) is 5.03. The van der Waals surface area contributed by atoms with Crippen molar-refractivity contribution in [2.75, 3.05) is 6.61 Å². The molecule has 0 bridgehead atoms. The second-order valence-corrected chi connectivity index (χ2v) is 7.39. The number of nitrogens with zero attached hydrogens (tertiary/aromatic N) is 1. The number of ketones is 1. The molecular weight excluding hydrogens is 402 g/mol. The van der Waals surface area contributed by atoms with Crippen LogP contribution >= 0.6 is 0 Å². The molecule has 0 fully saturated rings. The largest absolute Gasteiger partial charge is 0.427 e. The van der Waals surface area contributed by atoms with E-state index in [0.717, 1.165) is 5.56 Å². The Labute approximate surface area is 188 Å². The molecule has 0 aromatic heterocycles. The smallest absolute Gasteiger partial charge is 0.343 e. The molecule has 0 N–H and O–H groups in total. The molecule has 0 spiro atoms. The molecule has 5 heteroatoms. The Morgan fingerprint density at radius 3 is 2.44 bits per heavy atom. The molecule has 0 aliphatic heterocycles. The summed E-state index contributed by atoms with van der Waals surface area (Å²) in [6, 6.07) is 18.6. The van der Waals surface area contributed by atoms with Crippen molar-refractivity contribution in [2.24, 2.45) is 11.1 Å². The maximum atomic E-state index is 13.1. The van der Waals surface area contributed by atoms with Gasteiger partial charge in [0.2, 0.25) is 0 Å². The second-order valence-electron chi connectivity index (χ2n) is 7.39. The van der Waals surface area contributed by atoms with Crippen LogP contribution in [0.3, 0.4) is 0 Å². The van der Waals surface area contributed by atoms with Gasteiger partial charge < -0.3 is 9.57 Å². The van der Waals surface area contributed by atoms with Crippen molar-refractivity contribution in [1.82, 2.24) is 0 Å². The number of rotatable bonds is 9. The highest BCUT2D eigenvalue weighted by Crippen LogP contribution is 2.31. The third kappa shape index (κ3) is 6.14. The lowest BCUT2D eigenvalue weighted by Gasteiger charge is -2.24. The SMILES string of the molecule is C=CCON=C(CC)C1=C(OC(=O)c2ccccc2)CC(C=Cc2ccccc2)CC1=O. The van der Waals surface area contributed by atoms with Crippen LogP contribution in [0.5, 0.6) is 0 Å². The van der Waals surface area contributed by atoms with Gasteiger partial charge in [-0.1, -0.05) is 85.4 Å². The van der Waals surface area contributed by atoms with Crippen LogP contribution in [-0.2, 0) is 14.4 Å². The first-order valence-electron chi connectivity index (χ1n) is 10.7. The van der Waals surface area contributed by atoms with Gasteiger partial charge in [-0.25, -0.2) is 4.79 Å². The molecular formula is C27H27NO4. The van der Waals surface area contributed by atoms with E-state index < -0.39 is 5.97 Å². The first-order chi connectivity index (χ1) is 15.6. The molecule has 3 rings (SSSR count). The van der Waals surface area contributed by atoms with Crippen LogP contribution < -0.4 is 0 Å². The number of Topliss-reactive ketones (excluding diaryl/α,β-unsaturated/α-hetero) is 1. The van der Waals surface area contributed by atoms with Gasteiger partial charge in [-0.15, -0.1) is 0 Å². The molecule has 0 amide bonds. The molecule has 0 saturated carbocycles. The Kier molecular flexibility index (Phi) is 8.32. The fraction of sp³-hybridized carbons (Fsp3) is 0.222. The number of carbonyl (C=O) groups excluding carboxylic acids is 2. The number of oxime groups is 1. The van der Waals surface area contributed by atoms with E-state index in [2.05, 4.69) is 11.7 Å². The summed E-state index contributed by atoms with van der Waals surface area (Å²) in [4.78, 5) is 31.1. The summed E-state index contributed by atoms with van der Waals surface area (Å²) in [5.41, 5.74) is 2.28. The number of hydrogen-bond acceptors (Lipinski definition) is 5. The first kappa shape index (κ1) is 22.9. The van der Waals surface area contributed by atoms with Gasteiger partial charge >= 0.3 is 5.97 Å². The first-order valence-corrected chi connectivity index (χ1v) is 10.7. The normalized spacial score (nSPS) is 16.8. The zero-order valence-electron chi connectivity index (χ0n) is 18.2. The van der Waals surface area contributed by atoms with Crippen LogP contribution in [0, 0.1) is 5.92 Å². The molecule has 2 aromatic carbocycles. The minimum atomic E-state index is -0.499. The van der Waals surface area contributed by atoms with Crippen LogP contribution in [0.15, 0.2) is 95.9 Å². The van der Waals surface area contributed by atoms with E-state index in [1.807, 2.05) is 55.5 Å². The maximum absolute atomic E-state index is 13.1. The number of esters is 1. The number of allylic oxidation sites excluding steroid dienone is 3. The lowest BCUT2D eigenvalue weighted by atomic mass is 9.84. The van der Waals surface area contributed by atoms with Crippen LogP contribution in [0.1, 0.15) is 42.1 Å². The number of carbonyl (C=O) groups is 2. The minimum absolute atomic E-state index is 0.0859. The summed E-state index contributed by atoms with van der Waals surface area (Å²) in [6.45, 7) is 5.72. The van der Waals surface area contributed by atoms with E-state index in [4.69, 9.17) is 9.57 Å². The Morgan fingerprint density at radius 2 is 1.78 bits per heavy atom. The summed E-state index contributed by atoms with van der Waals surface area (Å²) in [7, 11) is 0. The molecule has 0 saturated heterocycles. The zero-order chi connectivity index (χ0) is 22.8. The highest BCUT2D eigenvalue weighted by atomic mass is 16.6. The number of hydrogen-bond donors (Lipinski definition) is 0. The lowest BCUT2D eigenvalue weighted by Crippen LogP contribution is -2.26. The van der Waals surface area contributed by atoms with Crippen molar-refractivity contribution in [1.29, 1.82) is 0 Å². The van der Waals surface area contributed by atoms with Crippen molar-refractivity contribution in [3.63, 3.8) is 0 Å². The molecule has 32 heavy (non-hydrogen) atoms. The summed E-state index contributed by atoms with van der Waals surface area (Å²) < 4.78 is 5.76. The number of benzene rings is 2. The van der Waals surface area contributed by atoms with Gasteiger partial charge in [0.25, 0.3) is 0 Å². The fourth-order valence-corrected chi connectivity index (χ4v) is 3.47. The maximum Gasteiger partial charge on any atom is 0.343 e. The standard InChI is InChI=1S/C27H27NO4/c1-3-17-31-28-23(4-2)26-24(29)18-21(16-15-20-11-7-5-8-12-20)19-25(26)32-27(30)22-13-9-6-10-14-22/h3,5-16,21H,1,4,17-19H2,2H3. The molecule has 5 nitrogen and oxygen atoms in total. The van der Waals surface area contributed by atoms with E-state index in [1.165, 1.54) is 0 Å². The highest BCUT2D eigenvalue weighted by molar-refractivity contribution is 6.23. The van der Waals surface area contributed by atoms with Crippen LogP contribution in [0.2, 0.25) is 0 Å². The topological polar surface area (TPSA) is 65.0 Å². The lowest BCUT2D eigenvalue weighted by molar-refractivity contribution is -0.116. The van der Waals surface area contributed by atoms with Crippen LogP contribution in [-0.4, -0.2) is 24.1 Å². The van der Waals surface area contributed by atoms with Gasteiger partial charge in [0.05, 0.1) is 16.8 Å². The second kappa shape index (κ2) is 11.6. The molecule has 1 atom stereocenters. The van der Waals surface area contributed by atoms with Gasteiger partial charge in [-0.3, -0.25) is 4.79 Å². The third-order valence-corrected chi connectivity index (χ3v) is 5.03. The Hall–Kier alpha value is -3.73. The van der Waals surface area contributed by atoms with Crippen molar-refractivity contribution in [3.05, 3.63) is 102 Å². The van der Waals surface area contributed by atoms with Gasteiger partial charge in [0.1, 0.15) is 12.4 Å². The average Bonchev–Trinajstić information content (AvgIpc) is 2.82. The number of ether oxygens (including phenoxy) is 1. The van der Waals surface area contributed by atoms with Gasteiger partial charge in [0, 0.05) is 12.8 Å². The van der Waals surface area contributed by atoms with Crippen molar-refractivity contribution < 1.29 is 19.2 Å². The quantitative estimate of drug-likeness (QED) is 0.167. The summed E-state index contributed by atoms with van der Waals surface area (Å²) in [6.07, 6.45) is 6.76. The van der Waals surface area contributed by atoms with E-state index in [9.17, 15) is 9.59 Å². The van der Waals surface area contributed by atoms with Gasteiger partial charge in [-0.05, 0) is 30.0 Å². The van der Waals surface area contributed by atoms with E-state index in [0.29, 0.717) is 41.9 Å². The summed E-state index contributed by atoms with van der Waals surface area (Å²) >= 11 is 0. The van der Waals surface area contributed by atoms with Crippen molar-refractivity contribution in [3.8, 4) is 0 Å². The summed E-state index contributed by atoms with van der Waals surface area (Å²) in [5, 5.41) is 4.11. The average molecular weight is 430 g/mol. The minimum Gasteiger partial charge on any atom is -0.427 e. The predicted molar refractivity (Wildman–Crippen MR) is 126 cm³/mol. The van der Waals surface area contributed by atoms with E-state index in [1.54, 1.807) is 30.3 Å². The molecule has 1 aliphatic carbocycles. The Bertz CT molecular complexity index is 1040. The van der Waals surface area contributed by atoms with Gasteiger partial charge in [0.15, 0.2) is 5.78 Å². The molecule has 164 valence electrons. The van der Waals surface area contributed by atoms with E-state index in [-0.39, 0.29) is 18.3 Å². The predicted octanol–water partition coefficient (Wildman–Crippen LogP) is 5.76. The zero-order valence-corrected chi connectivity index (χ0v) is 18.2. The van der Waals surface area contributed by atoms with Gasteiger partial charge in [-0.2, -0.15) is 0 Å². The Balaban J connectivity index is 1.92. The van der Waals surface area contributed by atoms with Crippen LogP contribution in [0.4, 0.5) is 0 Å². The monoisotopic (exact) mass is 429 g/mol. The van der Waals surface area contributed by atoms with E-state index >= 15 is 0 Å². The summed E-state index contributed by atoms with van der Waals surface area (Å²) in [5.74, 6) is -0.364. The highest BCUT2D eigenvalue weighted by Gasteiger charge is 2.32. The molecule has 1 unspecified atom stereocenters. The van der Waals surface area contributed by atoms with Crippen molar-refractivity contribution >= 4 is 23.5 Å². The molecule has 0 heterocycles. The fourth-order valence-electron chi connectivity index (χ4n) is 3.47. The van der Waals surface area contributed by atoms with Crippen LogP contribution in [0.25, 0.3) is 6.08 Å². The van der Waals surface area contributed by atoms with Crippen molar-refractivity contribution in [2.45, 2.75) is 26.2 Å². The molecule has 0 radical (unpaired) electrons. The molecule has 1 aliphatic rings. The molecule has 2 aromatic rings. The Morgan fingerprint density at radius 1 is 1.09 bits per heavy atom.